The van der Waals surface area contributed by atoms with Gasteiger partial charge in [-0.2, -0.15) is 5.26 Å². The number of hydrogen-bond donors (Lipinski definition) is 2. The number of rotatable bonds is 6. The second-order valence-corrected chi connectivity index (χ2v) is 9.41. The van der Waals surface area contributed by atoms with Crippen LogP contribution in [0.1, 0.15) is 60.7 Å². The summed E-state index contributed by atoms with van der Waals surface area (Å²) >= 11 is 0. The molecule has 2 atom stereocenters. The summed E-state index contributed by atoms with van der Waals surface area (Å²) in [5.74, 6) is 1.30. The number of amides is 1. The Morgan fingerprint density at radius 2 is 2.24 bits per heavy atom. The Hall–Kier alpha value is -3.41. The molecule has 2 aromatic rings. The van der Waals surface area contributed by atoms with Crippen LogP contribution in [0, 0.1) is 11.3 Å². The molecule has 1 spiro atoms. The van der Waals surface area contributed by atoms with Crippen molar-refractivity contribution in [3.63, 3.8) is 0 Å². The number of carbonyl (C=O) groups is 1. The third-order valence-electron chi connectivity index (χ3n) is 6.85. The first-order chi connectivity index (χ1) is 16.4. The molecule has 0 bridgehead atoms. The van der Waals surface area contributed by atoms with E-state index >= 15 is 0 Å². The molecule has 8 heteroatoms. The highest BCUT2D eigenvalue weighted by Crippen LogP contribution is 2.47. The third-order valence-corrected chi connectivity index (χ3v) is 6.85. The molecule has 2 N–H and O–H groups in total. The van der Waals surface area contributed by atoms with Gasteiger partial charge in [-0.15, -0.1) is 0 Å². The van der Waals surface area contributed by atoms with Crippen LogP contribution in [-0.4, -0.2) is 47.5 Å². The predicted molar refractivity (Wildman–Crippen MR) is 125 cm³/mol. The molecule has 2 aliphatic heterocycles. The van der Waals surface area contributed by atoms with Crippen molar-refractivity contribution in [3.8, 4) is 11.8 Å². The van der Waals surface area contributed by atoms with Crippen LogP contribution in [0.15, 0.2) is 41.4 Å². The van der Waals surface area contributed by atoms with Gasteiger partial charge in [0.25, 0.3) is 0 Å². The van der Waals surface area contributed by atoms with Crippen molar-refractivity contribution in [1.29, 1.82) is 5.26 Å². The van der Waals surface area contributed by atoms with Gasteiger partial charge in [-0.25, -0.2) is 15.3 Å². The van der Waals surface area contributed by atoms with Gasteiger partial charge in [0.15, 0.2) is 5.84 Å². The summed E-state index contributed by atoms with van der Waals surface area (Å²) in [7, 11) is 0. The number of β-amino-alcohol motifs (C(OH)–C–C–N with tert-alkyl or cyclic N) is 1. The maximum atomic E-state index is 12.5. The lowest BCUT2D eigenvalue weighted by Gasteiger charge is -2.25. The number of aliphatic hydroxyl groups is 1. The standard InChI is InChI=1S/C26H28N4O4/c1-16(2)33-22-7-6-17(12-18(22)14-27)25-28-24(29-34-25)20-4-3-5-21-19(20)8-9-26(21)13-23(32)30(15-26)10-11-31/h3-7,12,16,25,31H,8-11,13,15H2,1-2H3,(H,28,29). The van der Waals surface area contributed by atoms with Gasteiger partial charge in [-0.05, 0) is 49.9 Å². The van der Waals surface area contributed by atoms with Crippen molar-refractivity contribution in [2.45, 2.75) is 50.9 Å². The van der Waals surface area contributed by atoms with E-state index in [1.54, 1.807) is 17.0 Å². The van der Waals surface area contributed by atoms with E-state index in [1.807, 2.05) is 32.0 Å². The topological polar surface area (TPSA) is 107 Å². The van der Waals surface area contributed by atoms with E-state index in [0.29, 0.717) is 36.7 Å². The highest BCUT2D eigenvalue weighted by molar-refractivity contribution is 6.01. The van der Waals surface area contributed by atoms with E-state index in [1.165, 1.54) is 11.1 Å². The minimum atomic E-state index is -0.575. The molecule has 2 unspecified atom stereocenters. The molecule has 2 aromatic carbocycles. The van der Waals surface area contributed by atoms with Crippen molar-refractivity contribution < 1.29 is 19.5 Å². The monoisotopic (exact) mass is 460 g/mol. The van der Waals surface area contributed by atoms with Crippen molar-refractivity contribution >= 4 is 11.7 Å². The lowest BCUT2D eigenvalue weighted by molar-refractivity contribution is -0.128. The Bertz CT molecular complexity index is 1200. The van der Waals surface area contributed by atoms with E-state index in [4.69, 9.17) is 14.6 Å². The first-order valence-corrected chi connectivity index (χ1v) is 11.7. The molecule has 1 aliphatic carbocycles. The van der Waals surface area contributed by atoms with Crippen LogP contribution >= 0.6 is 0 Å². The lowest BCUT2D eigenvalue weighted by atomic mass is 9.80. The normalized spacial score (nSPS) is 23.3. The Morgan fingerprint density at radius 3 is 3.00 bits per heavy atom. The number of ether oxygens (including phenoxy) is 1. The summed E-state index contributed by atoms with van der Waals surface area (Å²) in [6.45, 7) is 4.84. The van der Waals surface area contributed by atoms with E-state index in [-0.39, 0.29) is 24.0 Å². The number of nitrogens with zero attached hydrogens (tertiary/aromatic N) is 3. The molecule has 0 saturated carbocycles. The maximum Gasteiger partial charge on any atom is 0.223 e. The SMILES string of the molecule is CC(C)Oc1ccc(C2N=C(c3cccc4c3CCC43CC(=O)N(CCO)C3)NO2)cc1C#N. The maximum absolute atomic E-state index is 12.5. The van der Waals surface area contributed by atoms with Gasteiger partial charge >= 0.3 is 0 Å². The summed E-state index contributed by atoms with van der Waals surface area (Å²) in [5.41, 5.74) is 7.34. The lowest BCUT2D eigenvalue weighted by Crippen LogP contribution is -2.32. The number of aliphatic hydroxyl groups excluding tert-OH is 1. The molecule has 2 heterocycles. The van der Waals surface area contributed by atoms with Crippen LogP contribution < -0.4 is 10.2 Å². The molecule has 1 amide bonds. The molecule has 0 radical (unpaired) electrons. The number of aliphatic imine (C=N–C) groups is 1. The van der Waals surface area contributed by atoms with Crippen molar-refractivity contribution in [2.24, 2.45) is 4.99 Å². The van der Waals surface area contributed by atoms with Gasteiger partial charge in [0.1, 0.15) is 11.8 Å². The summed E-state index contributed by atoms with van der Waals surface area (Å²) in [4.78, 5) is 24.9. The van der Waals surface area contributed by atoms with Crippen molar-refractivity contribution in [2.75, 3.05) is 19.7 Å². The minimum absolute atomic E-state index is 0.0216. The van der Waals surface area contributed by atoms with E-state index in [9.17, 15) is 15.2 Å². The molecule has 1 saturated heterocycles. The summed E-state index contributed by atoms with van der Waals surface area (Å²) < 4.78 is 5.71. The summed E-state index contributed by atoms with van der Waals surface area (Å²) in [6, 6.07) is 13.7. The number of hydrogen-bond acceptors (Lipinski definition) is 7. The molecule has 3 aliphatic rings. The molecule has 1 fully saturated rings. The summed E-state index contributed by atoms with van der Waals surface area (Å²) in [5, 5.41) is 18.9. The number of nitrogens with one attached hydrogen (secondary N) is 1. The zero-order chi connectivity index (χ0) is 23.9. The van der Waals surface area contributed by atoms with Crippen LogP contribution in [0.2, 0.25) is 0 Å². The highest BCUT2D eigenvalue weighted by atomic mass is 16.7. The second kappa shape index (κ2) is 8.75. The Labute approximate surface area is 198 Å². The average Bonchev–Trinajstić information content (AvgIpc) is 3.52. The Balaban J connectivity index is 1.42. The summed E-state index contributed by atoms with van der Waals surface area (Å²) in [6.07, 6.45) is 1.63. The van der Waals surface area contributed by atoms with Crippen molar-refractivity contribution in [1.82, 2.24) is 10.4 Å². The van der Waals surface area contributed by atoms with Gasteiger partial charge in [-0.1, -0.05) is 24.3 Å². The predicted octanol–water partition coefficient (Wildman–Crippen LogP) is 2.73. The molecular formula is C26H28N4O4. The number of benzene rings is 2. The van der Waals surface area contributed by atoms with Crippen LogP contribution in [0.25, 0.3) is 0 Å². The third kappa shape index (κ3) is 3.81. The Morgan fingerprint density at radius 1 is 1.38 bits per heavy atom. The first-order valence-electron chi connectivity index (χ1n) is 11.7. The average molecular weight is 461 g/mol. The van der Waals surface area contributed by atoms with Gasteiger partial charge in [0, 0.05) is 36.1 Å². The van der Waals surface area contributed by atoms with Crippen molar-refractivity contribution in [3.05, 3.63) is 64.2 Å². The zero-order valence-corrected chi connectivity index (χ0v) is 19.4. The largest absolute Gasteiger partial charge is 0.490 e. The number of fused-ring (bicyclic) bond motifs is 2. The fourth-order valence-electron chi connectivity index (χ4n) is 5.35. The molecule has 0 aromatic heterocycles. The van der Waals surface area contributed by atoms with E-state index in [2.05, 4.69) is 17.6 Å². The molecular weight excluding hydrogens is 432 g/mol. The van der Waals surface area contributed by atoms with Crippen LogP contribution in [0.3, 0.4) is 0 Å². The van der Waals surface area contributed by atoms with Crippen LogP contribution in [0.5, 0.6) is 5.75 Å². The van der Waals surface area contributed by atoms with Crippen LogP contribution in [-0.2, 0) is 21.5 Å². The number of hydroxylamine groups is 1. The molecule has 5 rings (SSSR count). The van der Waals surface area contributed by atoms with Gasteiger partial charge in [0.05, 0.1) is 18.3 Å². The minimum Gasteiger partial charge on any atom is -0.490 e. The van der Waals surface area contributed by atoms with E-state index < -0.39 is 6.23 Å². The van der Waals surface area contributed by atoms with Gasteiger partial charge < -0.3 is 14.7 Å². The molecule has 8 nitrogen and oxygen atoms in total. The number of amidine groups is 1. The number of carbonyl (C=O) groups excluding carboxylic acids is 1. The molecule has 176 valence electrons. The Kier molecular flexibility index (Phi) is 5.76. The number of likely N-dealkylation sites (tertiary alicyclic amines) is 1. The zero-order valence-electron chi connectivity index (χ0n) is 19.4. The highest BCUT2D eigenvalue weighted by Gasteiger charge is 2.48. The fourth-order valence-corrected chi connectivity index (χ4v) is 5.35. The smallest absolute Gasteiger partial charge is 0.223 e. The quantitative estimate of drug-likeness (QED) is 0.687. The van der Waals surface area contributed by atoms with Crippen LogP contribution in [0.4, 0.5) is 0 Å². The van der Waals surface area contributed by atoms with E-state index in [0.717, 1.165) is 24.0 Å². The van der Waals surface area contributed by atoms with Gasteiger partial charge in [-0.3, -0.25) is 4.79 Å². The molecule has 34 heavy (non-hydrogen) atoms. The first kappa shape index (κ1) is 22.4. The number of nitriles is 1. The van der Waals surface area contributed by atoms with Gasteiger partial charge in [0.2, 0.25) is 12.1 Å². The fraction of sp³-hybridized carbons (Fsp3) is 0.423. The second-order valence-electron chi connectivity index (χ2n) is 9.41.